The Hall–Kier alpha value is -1.03. The quantitative estimate of drug-likeness (QED) is 0.760. The van der Waals surface area contributed by atoms with Gasteiger partial charge in [0.1, 0.15) is 5.82 Å². The lowest BCUT2D eigenvalue weighted by atomic mass is 10.1. The first-order valence-corrected chi connectivity index (χ1v) is 7.92. The third kappa shape index (κ3) is 4.51. The maximum absolute atomic E-state index is 13.2. The molecule has 1 nitrogen and oxygen atoms in total. The van der Waals surface area contributed by atoms with Crippen LogP contribution in [0.1, 0.15) is 18.5 Å². The minimum atomic E-state index is -0.197. The van der Waals surface area contributed by atoms with Gasteiger partial charge in [-0.15, -0.1) is 11.8 Å². The SMILES string of the molecule is CCNC(CSc1cccc(F)c1)c1cccc(Cl)c1. The zero-order chi connectivity index (χ0) is 14.4. The molecule has 1 N–H and O–H groups in total. The fraction of sp³-hybridized carbons (Fsp3) is 0.250. The summed E-state index contributed by atoms with van der Waals surface area (Å²) in [5.41, 5.74) is 1.16. The van der Waals surface area contributed by atoms with Gasteiger partial charge in [-0.2, -0.15) is 0 Å². The summed E-state index contributed by atoms with van der Waals surface area (Å²) < 4.78 is 13.2. The van der Waals surface area contributed by atoms with Crippen LogP contribution in [-0.2, 0) is 0 Å². The van der Waals surface area contributed by atoms with Gasteiger partial charge < -0.3 is 5.32 Å². The van der Waals surface area contributed by atoms with E-state index in [0.717, 1.165) is 27.8 Å². The maximum atomic E-state index is 13.2. The zero-order valence-corrected chi connectivity index (χ0v) is 12.8. The van der Waals surface area contributed by atoms with Gasteiger partial charge in [-0.05, 0) is 42.4 Å². The lowest BCUT2D eigenvalue weighted by molar-refractivity contribution is 0.605. The van der Waals surface area contributed by atoms with Crippen LogP contribution in [0.5, 0.6) is 0 Å². The Balaban J connectivity index is 2.06. The van der Waals surface area contributed by atoms with Gasteiger partial charge in [0, 0.05) is 21.7 Å². The second-order valence-electron chi connectivity index (χ2n) is 4.43. The number of nitrogens with one attached hydrogen (secondary N) is 1. The van der Waals surface area contributed by atoms with Crippen LogP contribution in [0, 0.1) is 5.82 Å². The summed E-state index contributed by atoms with van der Waals surface area (Å²) in [6.45, 7) is 2.95. The van der Waals surface area contributed by atoms with Crippen molar-refractivity contribution in [1.29, 1.82) is 0 Å². The molecular formula is C16H17ClFNS. The fourth-order valence-electron chi connectivity index (χ4n) is 1.98. The molecule has 1 unspecified atom stereocenters. The van der Waals surface area contributed by atoms with Gasteiger partial charge in [-0.3, -0.25) is 0 Å². The molecule has 2 aromatic rings. The third-order valence-electron chi connectivity index (χ3n) is 2.91. The van der Waals surface area contributed by atoms with E-state index in [1.807, 2.05) is 24.3 Å². The Morgan fingerprint density at radius 3 is 2.70 bits per heavy atom. The molecule has 0 saturated heterocycles. The van der Waals surface area contributed by atoms with E-state index < -0.39 is 0 Å². The van der Waals surface area contributed by atoms with Crippen LogP contribution >= 0.6 is 23.4 Å². The third-order valence-corrected chi connectivity index (χ3v) is 4.24. The van der Waals surface area contributed by atoms with Crippen LogP contribution in [0.4, 0.5) is 4.39 Å². The molecule has 0 heterocycles. The van der Waals surface area contributed by atoms with Crippen LogP contribution < -0.4 is 5.32 Å². The molecule has 0 radical (unpaired) electrons. The van der Waals surface area contributed by atoms with E-state index in [1.54, 1.807) is 23.9 Å². The van der Waals surface area contributed by atoms with Crippen LogP contribution in [0.3, 0.4) is 0 Å². The molecule has 2 aromatic carbocycles. The Kier molecular flexibility index (Phi) is 5.89. The van der Waals surface area contributed by atoms with Crippen molar-refractivity contribution < 1.29 is 4.39 Å². The molecule has 0 fully saturated rings. The van der Waals surface area contributed by atoms with Crippen LogP contribution in [0.25, 0.3) is 0 Å². The van der Waals surface area contributed by atoms with Crippen molar-refractivity contribution in [3.63, 3.8) is 0 Å². The molecule has 106 valence electrons. The van der Waals surface area contributed by atoms with E-state index in [4.69, 9.17) is 11.6 Å². The summed E-state index contributed by atoms with van der Waals surface area (Å²) in [6, 6.07) is 14.7. The van der Waals surface area contributed by atoms with Crippen molar-refractivity contribution in [2.24, 2.45) is 0 Å². The lowest BCUT2D eigenvalue weighted by Crippen LogP contribution is -2.22. The van der Waals surface area contributed by atoms with Crippen LogP contribution in [0.15, 0.2) is 53.4 Å². The molecule has 0 bridgehead atoms. The lowest BCUT2D eigenvalue weighted by Gasteiger charge is -2.18. The Bertz CT molecular complexity index is 562. The second kappa shape index (κ2) is 7.67. The van der Waals surface area contributed by atoms with Crippen molar-refractivity contribution >= 4 is 23.4 Å². The predicted octanol–water partition coefficient (Wildman–Crippen LogP) is 4.92. The van der Waals surface area contributed by atoms with Crippen molar-refractivity contribution in [2.75, 3.05) is 12.3 Å². The first-order chi connectivity index (χ1) is 9.69. The van der Waals surface area contributed by atoms with Gasteiger partial charge in [0.2, 0.25) is 0 Å². The molecule has 4 heteroatoms. The average Bonchev–Trinajstić information content (AvgIpc) is 2.43. The van der Waals surface area contributed by atoms with E-state index >= 15 is 0 Å². The minimum absolute atomic E-state index is 0.197. The predicted molar refractivity (Wildman–Crippen MR) is 85.0 cm³/mol. The maximum Gasteiger partial charge on any atom is 0.124 e. The topological polar surface area (TPSA) is 12.0 Å². The second-order valence-corrected chi connectivity index (χ2v) is 5.96. The van der Waals surface area contributed by atoms with E-state index in [2.05, 4.69) is 18.3 Å². The molecule has 0 aliphatic rings. The molecule has 0 amide bonds. The van der Waals surface area contributed by atoms with Gasteiger partial charge in [-0.25, -0.2) is 4.39 Å². The van der Waals surface area contributed by atoms with Gasteiger partial charge in [0.05, 0.1) is 0 Å². The Morgan fingerprint density at radius 2 is 2.00 bits per heavy atom. The number of rotatable bonds is 6. The number of benzene rings is 2. The number of thioether (sulfide) groups is 1. The highest BCUT2D eigenvalue weighted by Gasteiger charge is 2.11. The monoisotopic (exact) mass is 309 g/mol. The van der Waals surface area contributed by atoms with Gasteiger partial charge in [0.25, 0.3) is 0 Å². The summed E-state index contributed by atoms with van der Waals surface area (Å²) in [6.07, 6.45) is 0. The van der Waals surface area contributed by atoms with Crippen LogP contribution in [0.2, 0.25) is 5.02 Å². The van der Waals surface area contributed by atoms with E-state index in [1.165, 1.54) is 6.07 Å². The van der Waals surface area contributed by atoms with E-state index in [9.17, 15) is 4.39 Å². The minimum Gasteiger partial charge on any atom is -0.309 e. The van der Waals surface area contributed by atoms with Crippen molar-refractivity contribution in [3.8, 4) is 0 Å². The molecule has 2 rings (SSSR count). The van der Waals surface area contributed by atoms with E-state index in [0.29, 0.717) is 0 Å². The van der Waals surface area contributed by atoms with E-state index in [-0.39, 0.29) is 11.9 Å². The van der Waals surface area contributed by atoms with Gasteiger partial charge >= 0.3 is 0 Å². The smallest absolute Gasteiger partial charge is 0.124 e. The summed E-state index contributed by atoms with van der Waals surface area (Å²) in [7, 11) is 0. The highest BCUT2D eigenvalue weighted by atomic mass is 35.5. The summed E-state index contributed by atoms with van der Waals surface area (Å²) in [4.78, 5) is 0.940. The summed E-state index contributed by atoms with van der Waals surface area (Å²) in [5, 5.41) is 4.17. The normalized spacial score (nSPS) is 12.3. The molecular weight excluding hydrogens is 293 g/mol. The van der Waals surface area contributed by atoms with Crippen molar-refractivity contribution in [2.45, 2.75) is 17.9 Å². The van der Waals surface area contributed by atoms with Crippen molar-refractivity contribution in [3.05, 3.63) is 64.9 Å². The first-order valence-electron chi connectivity index (χ1n) is 6.56. The van der Waals surface area contributed by atoms with Crippen LogP contribution in [-0.4, -0.2) is 12.3 Å². The summed E-state index contributed by atoms with van der Waals surface area (Å²) >= 11 is 7.68. The molecule has 0 saturated carbocycles. The summed E-state index contributed by atoms with van der Waals surface area (Å²) in [5.74, 6) is 0.634. The molecule has 0 spiro atoms. The highest BCUT2D eigenvalue weighted by molar-refractivity contribution is 7.99. The number of hydrogen-bond donors (Lipinski definition) is 1. The van der Waals surface area contributed by atoms with Gasteiger partial charge in [0.15, 0.2) is 0 Å². The van der Waals surface area contributed by atoms with Crippen molar-refractivity contribution in [1.82, 2.24) is 5.32 Å². The Labute approximate surface area is 128 Å². The molecule has 0 aliphatic carbocycles. The van der Waals surface area contributed by atoms with Gasteiger partial charge in [-0.1, -0.05) is 36.7 Å². The molecule has 0 aliphatic heterocycles. The first kappa shape index (κ1) is 15.4. The zero-order valence-electron chi connectivity index (χ0n) is 11.3. The fourth-order valence-corrected chi connectivity index (χ4v) is 3.22. The molecule has 20 heavy (non-hydrogen) atoms. The highest BCUT2D eigenvalue weighted by Crippen LogP contribution is 2.26. The standard InChI is InChI=1S/C16H17ClFNS/c1-2-19-16(12-5-3-6-13(17)9-12)11-20-15-8-4-7-14(18)10-15/h3-10,16,19H,2,11H2,1H3. The molecule has 0 aromatic heterocycles. The number of halogens is 2. The largest absolute Gasteiger partial charge is 0.309 e. The molecule has 1 atom stereocenters. The average molecular weight is 310 g/mol. The Morgan fingerprint density at radius 1 is 1.20 bits per heavy atom. The number of hydrogen-bond acceptors (Lipinski definition) is 2.